The van der Waals surface area contributed by atoms with Gasteiger partial charge in [0.15, 0.2) is 0 Å². The summed E-state index contributed by atoms with van der Waals surface area (Å²) >= 11 is 0. The summed E-state index contributed by atoms with van der Waals surface area (Å²) in [5.74, 6) is -2.31. The lowest BCUT2D eigenvalue weighted by molar-refractivity contribution is -0.127. The molecular weight excluding hydrogens is 397 g/mol. The molecule has 2 aromatic rings. The number of benzene rings is 2. The van der Waals surface area contributed by atoms with Crippen LogP contribution in [0.4, 0.5) is 13.2 Å². The first-order valence-corrected chi connectivity index (χ1v) is 9.39. The zero-order chi connectivity index (χ0) is 23.1. The molecular formula is C23H25F3O4. The van der Waals surface area contributed by atoms with E-state index in [-0.39, 0.29) is 33.6 Å². The zero-order valence-electron chi connectivity index (χ0n) is 18.1. The van der Waals surface area contributed by atoms with Crippen LogP contribution in [0.25, 0.3) is 0 Å². The minimum atomic E-state index is -4.60. The first-order valence-electron chi connectivity index (χ1n) is 9.39. The Labute approximate surface area is 173 Å². The van der Waals surface area contributed by atoms with Crippen LogP contribution >= 0.6 is 0 Å². The number of aryl methyl sites for hydroxylation is 2. The van der Waals surface area contributed by atoms with Crippen LogP contribution in [-0.2, 0) is 6.42 Å². The smallest absolute Gasteiger partial charge is 0.393 e. The molecule has 0 saturated heterocycles. The van der Waals surface area contributed by atoms with Crippen molar-refractivity contribution in [3.8, 4) is 5.75 Å². The Morgan fingerprint density at radius 3 is 1.87 bits per heavy atom. The highest BCUT2D eigenvalue weighted by atomic mass is 19.4. The number of hydrogen-bond donors (Lipinski definition) is 1. The van der Waals surface area contributed by atoms with Gasteiger partial charge in [-0.2, -0.15) is 13.2 Å². The molecule has 0 aliphatic heterocycles. The van der Waals surface area contributed by atoms with Crippen molar-refractivity contribution in [1.82, 2.24) is 0 Å². The Balaban J connectivity index is 2.72. The van der Waals surface area contributed by atoms with Crippen molar-refractivity contribution in [3.05, 3.63) is 61.7 Å². The molecule has 162 valence electrons. The van der Waals surface area contributed by atoms with E-state index in [1.54, 1.807) is 13.8 Å². The molecule has 0 spiro atoms. The zero-order valence-corrected chi connectivity index (χ0v) is 18.1. The summed E-state index contributed by atoms with van der Waals surface area (Å²) in [4.78, 5) is 24.6. The molecule has 2 rings (SSSR count). The van der Waals surface area contributed by atoms with E-state index in [9.17, 15) is 27.9 Å². The predicted molar refractivity (Wildman–Crippen MR) is 108 cm³/mol. The summed E-state index contributed by atoms with van der Waals surface area (Å²) in [6.45, 7) is 11.5. The number of carbonyl (C=O) groups excluding carboxylic acids is 1. The minimum Gasteiger partial charge on any atom is -0.478 e. The van der Waals surface area contributed by atoms with Gasteiger partial charge in [0.2, 0.25) is 0 Å². The monoisotopic (exact) mass is 422 g/mol. The molecule has 0 aromatic heterocycles. The van der Waals surface area contributed by atoms with Gasteiger partial charge < -0.3 is 9.84 Å². The summed E-state index contributed by atoms with van der Waals surface area (Å²) in [7, 11) is 0. The van der Waals surface area contributed by atoms with Crippen LogP contribution in [0.2, 0.25) is 0 Å². The lowest BCUT2D eigenvalue weighted by Gasteiger charge is -2.22. The first kappa shape index (κ1) is 23.4. The molecule has 30 heavy (non-hydrogen) atoms. The quantitative estimate of drug-likeness (QED) is 0.495. The lowest BCUT2D eigenvalue weighted by Crippen LogP contribution is -2.20. The molecule has 7 heteroatoms. The van der Waals surface area contributed by atoms with Gasteiger partial charge in [0.1, 0.15) is 5.75 Å². The van der Waals surface area contributed by atoms with E-state index in [2.05, 4.69) is 0 Å². The molecule has 1 N–H and O–H groups in total. The molecule has 0 aliphatic carbocycles. The van der Waals surface area contributed by atoms with Crippen molar-refractivity contribution in [2.24, 2.45) is 0 Å². The van der Waals surface area contributed by atoms with Crippen LogP contribution in [0.3, 0.4) is 0 Å². The molecule has 0 saturated carbocycles. The fourth-order valence-corrected chi connectivity index (χ4v) is 3.80. The molecule has 0 radical (unpaired) electrons. The fraction of sp³-hybridized carbons (Fsp3) is 0.391. The molecule has 0 heterocycles. The molecule has 0 aliphatic rings. The number of carbonyl (C=O) groups is 2. The van der Waals surface area contributed by atoms with Gasteiger partial charge in [0.25, 0.3) is 0 Å². The summed E-state index contributed by atoms with van der Waals surface area (Å²) < 4.78 is 45.3. The number of halogens is 3. The maximum absolute atomic E-state index is 13.3. The van der Waals surface area contributed by atoms with Crippen LogP contribution in [-0.4, -0.2) is 23.2 Å². The third-order valence-corrected chi connectivity index (χ3v) is 5.73. The second kappa shape index (κ2) is 8.13. The maximum atomic E-state index is 13.3. The van der Waals surface area contributed by atoms with E-state index < -0.39 is 24.5 Å². The van der Waals surface area contributed by atoms with E-state index in [0.717, 1.165) is 11.1 Å². The second-order valence-electron chi connectivity index (χ2n) is 7.68. The van der Waals surface area contributed by atoms with Crippen LogP contribution in [0, 0.1) is 48.5 Å². The summed E-state index contributed by atoms with van der Waals surface area (Å²) in [6.07, 6.45) is -6.00. The number of carboxylic acid groups (broad SMARTS) is 1. The van der Waals surface area contributed by atoms with Crippen LogP contribution in [0.1, 0.15) is 65.2 Å². The fourth-order valence-electron chi connectivity index (χ4n) is 3.80. The highest BCUT2D eigenvalue weighted by Gasteiger charge is 2.34. The molecule has 2 aromatic carbocycles. The molecule has 0 unspecified atom stereocenters. The molecule has 0 atom stereocenters. The number of ether oxygens (including phenoxy) is 1. The Kier molecular flexibility index (Phi) is 6.35. The van der Waals surface area contributed by atoms with Gasteiger partial charge in [0.05, 0.1) is 17.5 Å². The van der Waals surface area contributed by atoms with Gasteiger partial charge in [-0.15, -0.1) is 0 Å². The van der Waals surface area contributed by atoms with Crippen LogP contribution < -0.4 is 4.74 Å². The second-order valence-corrected chi connectivity index (χ2v) is 7.68. The van der Waals surface area contributed by atoms with Gasteiger partial charge in [-0.1, -0.05) is 6.07 Å². The number of aromatic carboxylic acids is 1. The van der Waals surface area contributed by atoms with E-state index in [1.807, 2.05) is 19.9 Å². The Bertz CT molecular complexity index is 1050. The number of carboxylic acids is 1. The standard InChI is InChI=1S/C23H25F3O4/c1-10-8-11(2)18(13(4)12(10)3)22(29)30-20-15(6)14(5)19(21(27)28)16(7)17(20)9-23(24,25)26/h8H,9H2,1-7H3,(H,27,28). The van der Waals surface area contributed by atoms with Crippen molar-refractivity contribution >= 4 is 11.9 Å². The van der Waals surface area contributed by atoms with E-state index in [4.69, 9.17) is 4.74 Å². The van der Waals surface area contributed by atoms with Gasteiger partial charge in [-0.05, 0) is 87.4 Å². The maximum Gasteiger partial charge on any atom is 0.393 e. The molecule has 0 fully saturated rings. The lowest BCUT2D eigenvalue weighted by atomic mass is 9.90. The number of rotatable bonds is 4. The average Bonchev–Trinajstić information content (AvgIpc) is 2.59. The van der Waals surface area contributed by atoms with Gasteiger partial charge in [0, 0.05) is 5.56 Å². The SMILES string of the molecule is Cc1cc(C)c(C(=O)Oc2c(C)c(C)c(C(=O)O)c(C)c2CC(F)(F)F)c(C)c1C. The minimum absolute atomic E-state index is 0.0562. The summed E-state index contributed by atoms with van der Waals surface area (Å²) in [6, 6.07) is 1.83. The van der Waals surface area contributed by atoms with Crippen LogP contribution in [0.15, 0.2) is 6.07 Å². The van der Waals surface area contributed by atoms with Crippen molar-refractivity contribution in [2.45, 2.75) is 61.1 Å². The van der Waals surface area contributed by atoms with Gasteiger partial charge in [-0.25, -0.2) is 9.59 Å². The normalized spacial score (nSPS) is 11.5. The topological polar surface area (TPSA) is 63.6 Å². The predicted octanol–water partition coefficient (Wildman–Crippen LogP) is 5.87. The Morgan fingerprint density at radius 2 is 1.37 bits per heavy atom. The first-order chi connectivity index (χ1) is 13.7. The van der Waals surface area contributed by atoms with Crippen molar-refractivity contribution in [1.29, 1.82) is 0 Å². The number of hydrogen-bond acceptors (Lipinski definition) is 3. The van der Waals surface area contributed by atoms with E-state index >= 15 is 0 Å². The van der Waals surface area contributed by atoms with Crippen molar-refractivity contribution < 1.29 is 32.6 Å². The third-order valence-electron chi connectivity index (χ3n) is 5.73. The van der Waals surface area contributed by atoms with Crippen LogP contribution in [0.5, 0.6) is 5.75 Å². The average molecular weight is 422 g/mol. The number of alkyl halides is 3. The molecule has 4 nitrogen and oxygen atoms in total. The van der Waals surface area contributed by atoms with E-state index in [1.165, 1.54) is 20.8 Å². The largest absolute Gasteiger partial charge is 0.478 e. The Morgan fingerprint density at radius 1 is 0.833 bits per heavy atom. The van der Waals surface area contributed by atoms with Gasteiger partial charge >= 0.3 is 18.1 Å². The third kappa shape index (κ3) is 4.35. The summed E-state index contributed by atoms with van der Waals surface area (Å²) in [5, 5.41) is 9.48. The van der Waals surface area contributed by atoms with E-state index in [0.29, 0.717) is 16.7 Å². The number of esters is 1. The highest BCUT2D eigenvalue weighted by molar-refractivity contribution is 5.96. The Hall–Kier alpha value is -2.83. The van der Waals surface area contributed by atoms with Crippen molar-refractivity contribution in [2.75, 3.05) is 0 Å². The summed E-state index contributed by atoms with van der Waals surface area (Å²) in [5.41, 5.74) is 3.41. The van der Waals surface area contributed by atoms with Gasteiger partial charge in [-0.3, -0.25) is 0 Å². The highest BCUT2D eigenvalue weighted by Crippen LogP contribution is 2.38. The molecule has 0 amide bonds. The molecule has 0 bridgehead atoms. The van der Waals surface area contributed by atoms with Crippen molar-refractivity contribution in [3.63, 3.8) is 0 Å².